The summed E-state index contributed by atoms with van der Waals surface area (Å²) in [5, 5.41) is 0. The molecule has 22 heavy (non-hydrogen) atoms. The van der Waals surface area contributed by atoms with Gasteiger partial charge in [-0.3, -0.25) is 14.4 Å². The second-order valence-electron chi connectivity index (χ2n) is 5.55. The molecule has 3 nitrogen and oxygen atoms in total. The first-order valence-electron chi connectivity index (χ1n) is 7.14. The Labute approximate surface area is 130 Å². The van der Waals surface area contributed by atoms with E-state index in [0.29, 0.717) is 11.1 Å². The molecule has 112 valence electrons. The van der Waals surface area contributed by atoms with Crippen molar-refractivity contribution >= 4 is 17.3 Å². The Morgan fingerprint density at radius 2 is 1.27 bits per heavy atom. The summed E-state index contributed by atoms with van der Waals surface area (Å²) in [6.45, 7) is 2.91. The van der Waals surface area contributed by atoms with E-state index in [-0.39, 0.29) is 23.8 Å². The summed E-state index contributed by atoms with van der Waals surface area (Å²) in [5.74, 6) is -0.821. The first kappa shape index (κ1) is 15.8. The SMILES string of the molecule is CC(=O)C(C)(CC(=O)c1ccccc1)C(=O)c1ccccc1. The quantitative estimate of drug-likeness (QED) is 0.602. The Balaban J connectivity index is 2.31. The number of rotatable bonds is 6. The van der Waals surface area contributed by atoms with Crippen molar-refractivity contribution in [2.75, 3.05) is 0 Å². The van der Waals surface area contributed by atoms with Gasteiger partial charge < -0.3 is 0 Å². The topological polar surface area (TPSA) is 51.2 Å². The Bertz CT molecular complexity index is 689. The van der Waals surface area contributed by atoms with Crippen LogP contribution in [0.5, 0.6) is 0 Å². The second-order valence-corrected chi connectivity index (χ2v) is 5.55. The number of hydrogen-bond donors (Lipinski definition) is 0. The van der Waals surface area contributed by atoms with E-state index < -0.39 is 5.41 Å². The summed E-state index contributed by atoms with van der Waals surface area (Å²) in [5.41, 5.74) is -0.384. The van der Waals surface area contributed by atoms with Gasteiger partial charge in [0.15, 0.2) is 11.6 Å². The Kier molecular flexibility index (Phi) is 4.66. The van der Waals surface area contributed by atoms with Gasteiger partial charge >= 0.3 is 0 Å². The van der Waals surface area contributed by atoms with E-state index >= 15 is 0 Å². The van der Waals surface area contributed by atoms with Crippen molar-refractivity contribution in [3.63, 3.8) is 0 Å². The van der Waals surface area contributed by atoms with Gasteiger partial charge in [0.25, 0.3) is 0 Å². The van der Waals surface area contributed by atoms with Crippen LogP contribution in [-0.2, 0) is 4.79 Å². The van der Waals surface area contributed by atoms with Gasteiger partial charge in [0, 0.05) is 17.5 Å². The van der Waals surface area contributed by atoms with Gasteiger partial charge in [-0.15, -0.1) is 0 Å². The smallest absolute Gasteiger partial charge is 0.176 e. The predicted octanol–water partition coefficient (Wildman–Crippen LogP) is 3.74. The maximum absolute atomic E-state index is 12.7. The minimum Gasteiger partial charge on any atom is -0.299 e. The van der Waals surface area contributed by atoms with Gasteiger partial charge in [-0.2, -0.15) is 0 Å². The van der Waals surface area contributed by atoms with Crippen molar-refractivity contribution in [3.05, 3.63) is 71.8 Å². The van der Waals surface area contributed by atoms with E-state index in [1.807, 2.05) is 6.07 Å². The Hall–Kier alpha value is -2.55. The first-order chi connectivity index (χ1) is 10.4. The van der Waals surface area contributed by atoms with Crippen molar-refractivity contribution in [2.24, 2.45) is 5.41 Å². The van der Waals surface area contributed by atoms with Crippen molar-refractivity contribution in [1.82, 2.24) is 0 Å². The summed E-state index contributed by atoms with van der Waals surface area (Å²) in [4.78, 5) is 37.2. The fourth-order valence-corrected chi connectivity index (χ4v) is 2.32. The first-order valence-corrected chi connectivity index (χ1v) is 7.14. The molecule has 2 rings (SSSR count). The molecule has 1 atom stereocenters. The van der Waals surface area contributed by atoms with E-state index in [1.54, 1.807) is 61.5 Å². The molecule has 0 amide bonds. The van der Waals surface area contributed by atoms with Gasteiger partial charge in [0.05, 0.1) is 5.41 Å². The van der Waals surface area contributed by atoms with Gasteiger partial charge in [-0.1, -0.05) is 60.7 Å². The lowest BCUT2D eigenvalue weighted by atomic mass is 9.74. The lowest BCUT2D eigenvalue weighted by Gasteiger charge is -2.24. The average Bonchev–Trinajstić information content (AvgIpc) is 2.55. The molecule has 0 saturated heterocycles. The van der Waals surface area contributed by atoms with Crippen molar-refractivity contribution in [2.45, 2.75) is 20.3 Å². The second kappa shape index (κ2) is 6.48. The fourth-order valence-electron chi connectivity index (χ4n) is 2.32. The molecule has 0 aliphatic carbocycles. The molecular weight excluding hydrogens is 276 g/mol. The summed E-state index contributed by atoms with van der Waals surface area (Å²) >= 11 is 0. The van der Waals surface area contributed by atoms with Crippen LogP contribution >= 0.6 is 0 Å². The molecule has 0 radical (unpaired) electrons. The van der Waals surface area contributed by atoms with Gasteiger partial charge in [-0.25, -0.2) is 0 Å². The van der Waals surface area contributed by atoms with Gasteiger partial charge in [0.2, 0.25) is 0 Å². The Morgan fingerprint density at radius 3 is 1.73 bits per heavy atom. The third kappa shape index (κ3) is 3.19. The van der Waals surface area contributed by atoms with E-state index in [2.05, 4.69) is 0 Å². The zero-order chi connectivity index (χ0) is 16.2. The highest BCUT2D eigenvalue weighted by atomic mass is 16.2. The van der Waals surface area contributed by atoms with Crippen LogP contribution in [0.4, 0.5) is 0 Å². The lowest BCUT2D eigenvalue weighted by molar-refractivity contribution is -0.123. The highest BCUT2D eigenvalue weighted by molar-refractivity contribution is 6.16. The fraction of sp³-hybridized carbons (Fsp3) is 0.211. The third-order valence-electron chi connectivity index (χ3n) is 3.92. The van der Waals surface area contributed by atoms with Crippen LogP contribution in [-0.4, -0.2) is 17.3 Å². The molecule has 2 aromatic carbocycles. The largest absolute Gasteiger partial charge is 0.299 e. The van der Waals surface area contributed by atoms with Crippen LogP contribution in [0.2, 0.25) is 0 Å². The molecule has 0 aliphatic heterocycles. The number of carbonyl (C=O) groups is 3. The van der Waals surface area contributed by atoms with Crippen LogP contribution in [0, 0.1) is 5.41 Å². The highest BCUT2D eigenvalue weighted by Crippen LogP contribution is 2.29. The van der Waals surface area contributed by atoms with Crippen LogP contribution in [0.25, 0.3) is 0 Å². The molecule has 0 spiro atoms. The van der Waals surface area contributed by atoms with E-state index in [0.717, 1.165) is 0 Å². The number of ketones is 3. The van der Waals surface area contributed by atoms with Crippen molar-refractivity contribution in [3.8, 4) is 0 Å². The van der Waals surface area contributed by atoms with Crippen molar-refractivity contribution in [1.29, 1.82) is 0 Å². The van der Waals surface area contributed by atoms with Crippen molar-refractivity contribution < 1.29 is 14.4 Å². The zero-order valence-corrected chi connectivity index (χ0v) is 12.7. The lowest BCUT2D eigenvalue weighted by Crippen LogP contribution is -2.37. The van der Waals surface area contributed by atoms with Gasteiger partial charge in [0.1, 0.15) is 5.78 Å². The van der Waals surface area contributed by atoms with Crippen LogP contribution in [0.15, 0.2) is 60.7 Å². The standard InChI is InChI=1S/C19H18O3/c1-14(20)19(2,18(22)16-11-7-4-8-12-16)13-17(21)15-9-5-3-6-10-15/h3-12H,13H2,1-2H3. The summed E-state index contributed by atoms with van der Waals surface area (Å²) in [6.07, 6.45) is -0.125. The predicted molar refractivity (Wildman–Crippen MR) is 85.0 cm³/mol. The minimum atomic E-state index is -1.34. The molecule has 1 unspecified atom stereocenters. The summed E-state index contributed by atoms with van der Waals surface area (Å²) < 4.78 is 0. The molecule has 0 bridgehead atoms. The molecule has 0 aromatic heterocycles. The summed E-state index contributed by atoms with van der Waals surface area (Å²) in [6, 6.07) is 17.3. The number of hydrogen-bond acceptors (Lipinski definition) is 3. The Morgan fingerprint density at radius 1 is 0.818 bits per heavy atom. The van der Waals surface area contributed by atoms with Crippen LogP contribution in [0.3, 0.4) is 0 Å². The molecule has 0 fully saturated rings. The molecule has 0 saturated carbocycles. The normalized spacial score (nSPS) is 13.2. The molecule has 2 aromatic rings. The molecular formula is C19H18O3. The molecule has 3 heteroatoms. The minimum absolute atomic E-state index is 0.125. The van der Waals surface area contributed by atoms with Crippen LogP contribution < -0.4 is 0 Å². The molecule has 0 aliphatic rings. The molecule has 0 N–H and O–H groups in total. The monoisotopic (exact) mass is 294 g/mol. The number of Topliss-reactive ketones (excluding diaryl/α,β-unsaturated/α-hetero) is 3. The average molecular weight is 294 g/mol. The number of carbonyl (C=O) groups excluding carboxylic acids is 3. The third-order valence-corrected chi connectivity index (χ3v) is 3.92. The highest BCUT2D eigenvalue weighted by Gasteiger charge is 2.40. The maximum atomic E-state index is 12.7. The number of benzene rings is 2. The zero-order valence-electron chi connectivity index (χ0n) is 12.7. The van der Waals surface area contributed by atoms with E-state index in [9.17, 15) is 14.4 Å². The van der Waals surface area contributed by atoms with E-state index in [4.69, 9.17) is 0 Å². The van der Waals surface area contributed by atoms with Crippen LogP contribution in [0.1, 0.15) is 41.0 Å². The molecule has 0 heterocycles. The summed E-state index contributed by atoms with van der Waals surface area (Å²) in [7, 11) is 0. The van der Waals surface area contributed by atoms with E-state index in [1.165, 1.54) is 6.92 Å². The maximum Gasteiger partial charge on any atom is 0.176 e. The van der Waals surface area contributed by atoms with Gasteiger partial charge in [-0.05, 0) is 13.8 Å².